The number of terminal acetylenes is 1. The lowest BCUT2D eigenvalue weighted by Gasteiger charge is -2.09. The lowest BCUT2D eigenvalue weighted by atomic mass is 10.3. The smallest absolute Gasteiger partial charge is 0.224 e. The fourth-order valence-corrected chi connectivity index (χ4v) is 1.18. The first-order chi connectivity index (χ1) is 8.11. The van der Waals surface area contributed by atoms with Crippen LogP contribution in [0.15, 0.2) is 24.3 Å². The molecule has 1 amide bonds. The molecule has 1 aromatic rings. The number of hydrogen-bond donors (Lipinski definition) is 2. The van der Waals surface area contributed by atoms with Crippen LogP contribution in [0, 0.1) is 12.3 Å². The number of hydrogen-bond acceptors (Lipinski definition) is 3. The predicted octanol–water partition coefficient (Wildman–Crippen LogP) is 1.18. The quantitative estimate of drug-likeness (QED) is 0.591. The highest BCUT2D eigenvalue weighted by molar-refractivity contribution is 5.76. The van der Waals surface area contributed by atoms with Gasteiger partial charge < -0.3 is 15.8 Å². The third-order valence-corrected chi connectivity index (χ3v) is 2.11. The molecule has 0 aliphatic rings. The summed E-state index contributed by atoms with van der Waals surface area (Å²) in [6, 6.07) is 6.76. The zero-order valence-electron chi connectivity index (χ0n) is 9.77. The van der Waals surface area contributed by atoms with Crippen LogP contribution in [-0.2, 0) is 4.79 Å². The van der Waals surface area contributed by atoms with E-state index in [1.807, 2.05) is 0 Å². The van der Waals surface area contributed by atoms with E-state index in [1.54, 1.807) is 31.2 Å². The van der Waals surface area contributed by atoms with E-state index in [0.29, 0.717) is 18.0 Å². The topological polar surface area (TPSA) is 64.3 Å². The maximum Gasteiger partial charge on any atom is 0.224 e. The van der Waals surface area contributed by atoms with Gasteiger partial charge in [0.05, 0.1) is 19.1 Å². The molecule has 0 aliphatic carbocycles. The number of nitrogen functional groups attached to an aromatic ring is 1. The molecule has 0 aliphatic heterocycles. The van der Waals surface area contributed by atoms with Crippen LogP contribution in [0.2, 0.25) is 0 Å². The van der Waals surface area contributed by atoms with Gasteiger partial charge in [0.2, 0.25) is 5.91 Å². The second kappa shape index (κ2) is 6.44. The molecule has 4 heteroatoms. The van der Waals surface area contributed by atoms with E-state index in [9.17, 15) is 4.79 Å². The molecule has 1 rings (SSSR count). The Hall–Kier alpha value is -2.15. The SMILES string of the molecule is C#CC(C)NC(=O)CCOc1ccc(N)cc1. The average Bonchev–Trinajstić information content (AvgIpc) is 2.31. The largest absolute Gasteiger partial charge is 0.493 e. The summed E-state index contributed by atoms with van der Waals surface area (Å²) in [7, 11) is 0. The molecule has 1 unspecified atom stereocenters. The van der Waals surface area contributed by atoms with Crippen LogP contribution in [0.3, 0.4) is 0 Å². The van der Waals surface area contributed by atoms with Gasteiger partial charge in [-0.2, -0.15) is 0 Å². The Balaban J connectivity index is 2.26. The summed E-state index contributed by atoms with van der Waals surface area (Å²) in [6.45, 7) is 2.06. The molecule has 0 saturated carbocycles. The number of carbonyl (C=O) groups excluding carboxylic acids is 1. The Bertz CT molecular complexity index is 406. The fourth-order valence-electron chi connectivity index (χ4n) is 1.18. The van der Waals surface area contributed by atoms with E-state index in [1.165, 1.54) is 0 Å². The molecule has 0 saturated heterocycles. The van der Waals surface area contributed by atoms with Gasteiger partial charge >= 0.3 is 0 Å². The predicted molar refractivity (Wildman–Crippen MR) is 67.4 cm³/mol. The van der Waals surface area contributed by atoms with Gasteiger partial charge in [0.1, 0.15) is 5.75 Å². The average molecular weight is 232 g/mol. The number of amides is 1. The van der Waals surface area contributed by atoms with Crippen molar-refractivity contribution in [3.8, 4) is 18.1 Å². The van der Waals surface area contributed by atoms with E-state index in [-0.39, 0.29) is 18.4 Å². The molecule has 90 valence electrons. The molecule has 0 radical (unpaired) electrons. The molecule has 1 atom stereocenters. The summed E-state index contributed by atoms with van der Waals surface area (Å²) in [6.07, 6.45) is 5.42. The van der Waals surface area contributed by atoms with Gasteiger partial charge in [-0.1, -0.05) is 5.92 Å². The molecule has 0 spiro atoms. The van der Waals surface area contributed by atoms with Crippen LogP contribution in [-0.4, -0.2) is 18.6 Å². The van der Waals surface area contributed by atoms with Crippen LogP contribution in [0.4, 0.5) is 5.69 Å². The normalized spacial score (nSPS) is 11.3. The number of nitrogens with one attached hydrogen (secondary N) is 1. The number of anilines is 1. The van der Waals surface area contributed by atoms with Crippen molar-refractivity contribution in [1.82, 2.24) is 5.32 Å². The Kier molecular flexibility index (Phi) is 4.89. The minimum absolute atomic E-state index is 0.120. The van der Waals surface area contributed by atoms with Crippen LogP contribution < -0.4 is 15.8 Å². The molecule has 0 aromatic heterocycles. The Morgan fingerprint density at radius 2 is 2.18 bits per heavy atom. The Morgan fingerprint density at radius 1 is 1.53 bits per heavy atom. The molecule has 4 nitrogen and oxygen atoms in total. The molecule has 0 bridgehead atoms. The van der Waals surface area contributed by atoms with Gasteiger partial charge in [-0.15, -0.1) is 6.42 Å². The number of benzene rings is 1. The zero-order valence-corrected chi connectivity index (χ0v) is 9.77. The number of rotatable bonds is 5. The zero-order chi connectivity index (χ0) is 12.7. The van der Waals surface area contributed by atoms with Crippen LogP contribution in [0.25, 0.3) is 0 Å². The lowest BCUT2D eigenvalue weighted by molar-refractivity contribution is -0.121. The van der Waals surface area contributed by atoms with Gasteiger partial charge in [0, 0.05) is 5.69 Å². The molecule has 17 heavy (non-hydrogen) atoms. The summed E-state index contributed by atoms with van der Waals surface area (Å²) in [5.41, 5.74) is 6.21. The van der Waals surface area contributed by atoms with Gasteiger partial charge in [-0.3, -0.25) is 4.79 Å². The van der Waals surface area contributed by atoms with E-state index < -0.39 is 0 Å². The number of carbonyl (C=O) groups is 1. The second-order valence-corrected chi connectivity index (χ2v) is 3.62. The Morgan fingerprint density at radius 3 is 2.76 bits per heavy atom. The molecular weight excluding hydrogens is 216 g/mol. The lowest BCUT2D eigenvalue weighted by Crippen LogP contribution is -2.32. The first kappa shape index (κ1) is 12.9. The van der Waals surface area contributed by atoms with Crippen molar-refractivity contribution >= 4 is 11.6 Å². The maximum absolute atomic E-state index is 11.4. The van der Waals surface area contributed by atoms with E-state index >= 15 is 0 Å². The maximum atomic E-state index is 11.4. The highest BCUT2D eigenvalue weighted by Crippen LogP contribution is 2.12. The third kappa shape index (κ3) is 4.94. The number of ether oxygens (including phenoxy) is 1. The van der Waals surface area contributed by atoms with Gasteiger partial charge in [-0.05, 0) is 31.2 Å². The summed E-state index contributed by atoms with van der Waals surface area (Å²) < 4.78 is 5.38. The van der Waals surface area contributed by atoms with Crippen molar-refractivity contribution in [2.75, 3.05) is 12.3 Å². The van der Waals surface area contributed by atoms with Crippen molar-refractivity contribution in [1.29, 1.82) is 0 Å². The van der Waals surface area contributed by atoms with Crippen molar-refractivity contribution in [3.63, 3.8) is 0 Å². The van der Waals surface area contributed by atoms with Gasteiger partial charge in [0.15, 0.2) is 0 Å². The molecule has 1 aromatic carbocycles. The van der Waals surface area contributed by atoms with Crippen molar-refractivity contribution in [2.24, 2.45) is 0 Å². The highest BCUT2D eigenvalue weighted by Gasteiger charge is 2.04. The summed E-state index contributed by atoms with van der Waals surface area (Å²) in [5.74, 6) is 3.00. The van der Waals surface area contributed by atoms with E-state index in [2.05, 4.69) is 11.2 Å². The van der Waals surface area contributed by atoms with Crippen molar-refractivity contribution in [2.45, 2.75) is 19.4 Å². The van der Waals surface area contributed by atoms with E-state index in [0.717, 1.165) is 0 Å². The fraction of sp³-hybridized carbons (Fsp3) is 0.308. The minimum atomic E-state index is -0.251. The monoisotopic (exact) mass is 232 g/mol. The van der Waals surface area contributed by atoms with Gasteiger partial charge in [0.25, 0.3) is 0 Å². The van der Waals surface area contributed by atoms with Gasteiger partial charge in [-0.25, -0.2) is 0 Å². The summed E-state index contributed by atoms with van der Waals surface area (Å²) in [4.78, 5) is 11.4. The second-order valence-electron chi connectivity index (χ2n) is 3.62. The molecule has 0 heterocycles. The highest BCUT2D eigenvalue weighted by atomic mass is 16.5. The summed E-state index contributed by atoms with van der Waals surface area (Å²) >= 11 is 0. The number of nitrogens with two attached hydrogens (primary N) is 1. The summed E-state index contributed by atoms with van der Waals surface area (Å²) in [5, 5.41) is 2.65. The molecule has 3 N–H and O–H groups in total. The molecule has 0 fully saturated rings. The first-order valence-electron chi connectivity index (χ1n) is 5.35. The van der Waals surface area contributed by atoms with Crippen molar-refractivity contribution in [3.05, 3.63) is 24.3 Å². The van der Waals surface area contributed by atoms with E-state index in [4.69, 9.17) is 16.9 Å². The van der Waals surface area contributed by atoms with Crippen LogP contribution >= 0.6 is 0 Å². The molecular formula is C13H16N2O2. The Labute approximate surface area is 101 Å². The third-order valence-electron chi connectivity index (χ3n) is 2.11. The standard InChI is InChI=1S/C13H16N2O2/c1-3-10(2)15-13(16)8-9-17-12-6-4-11(14)5-7-12/h1,4-7,10H,8-9,14H2,2H3,(H,15,16). The first-order valence-corrected chi connectivity index (χ1v) is 5.35. The van der Waals surface area contributed by atoms with Crippen molar-refractivity contribution < 1.29 is 9.53 Å². The minimum Gasteiger partial charge on any atom is -0.493 e. The van der Waals surface area contributed by atoms with Crippen LogP contribution in [0.5, 0.6) is 5.75 Å². The van der Waals surface area contributed by atoms with Crippen LogP contribution in [0.1, 0.15) is 13.3 Å².